The fourth-order valence-corrected chi connectivity index (χ4v) is 2.16. The van der Waals surface area contributed by atoms with Gasteiger partial charge in [0.15, 0.2) is 0 Å². The van der Waals surface area contributed by atoms with Crippen molar-refractivity contribution < 1.29 is 4.79 Å². The van der Waals surface area contributed by atoms with Crippen molar-refractivity contribution in [2.24, 2.45) is 0 Å². The largest absolute Gasteiger partial charge is 0.362 e. The van der Waals surface area contributed by atoms with Gasteiger partial charge in [0.05, 0.1) is 5.41 Å². The number of aromatic amines is 1. The van der Waals surface area contributed by atoms with Gasteiger partial charge in [0, 0.05) is 11.4 Å². The van der Waals surface area contributed by atoms with Gasteiger partial charge in [-0.3, -0.25) is 4.79 Å². The minimum absolute atomic E-state index is 0.116. The van der Waals surface area contributed by atoms with Gasteiger partial charge >= 0.3 is 0 Å². The predicted octanol–water partition coefficient (Wildman–Crippen LogP) is 2.25. The van der Waals surface area contributed by atoms with Crippen LogP contribution in [-0.4, -0.2) is 10.8 Å². The number of aromatic nitrogens is 1. The molecule has 0 atom stereocenters. The first-order valence-electron chi connectivity index (χ1n) is 4.74. The van der Waals surface area contributed by atoms with Gasteiger partial charge in [-0.25, -0.2) is 0 Å². The Labute approximate surface area is 78.4 Å². The van der Waals surface area contributed by atoms with E-state index >= 15 is 0 Å². The van der Waals surface area contributed by atoms with Gasteiger partial charge in [-0.1, -0.05) is 0 Å². The molecule has 2 rings (SSSR count). The minimum Gasteiger partial charge on any atom is -0.362 e. The molecule has 1 heterocycles. The predicted molar refractivity (Wildman–Crippen MR) is 51.9 cm³/mol. The zero-order chi connectivity index (χ0) is 9.64. The van der Waals surface area contributed by atoms with E-state index in [2.05, 4.69) is 11.1 Å². The first-order chi connectivity index (χ1) is 6.06. The first kappa shape index (κ1) is 8.54. The summed E-state index contributed by atoms with van der Waals surface area (Å²) in [6.07, 6.45) is 2.06. The summed E-state index contributed by atoms with van der Waals surface area (Å²) in [5.74, 6) is 0.314. The number of hydrogen-bond donors (Lipinski definition) is 1. The van der Waals surface area contributed by atoms with E-state index in [1.165, 1.54) is 5.56 Å². The Kier molecular flexibility index (Phi) is 1.62. The molecular formula is C11H15NO. The fourth-order valence-electron chi connectivity index (χ4n) is 2.16. The third-order valence-electron chi connectivity index (χ3n) is 3.09. The van der Waals surface area contributed by atoms with Gasteiger partial charge in [0.2, 0.25) is 0 Å². The van der Waals surface area contributed by atoms with Crippen molar-refractivity contribution in [3.05, 3.63) is 23.0 Å². The molecule has 13 heavy (non-hydrogen) atoms. The third kappa shape index (κ3) is 1.12. The molecule has 0 radical (unpaired) electrons. The van der Waals surface area contributed by atoms with E-state index in [0.717, 1.165) is 24.2 Å². The molecule has 1 saturated carbocycles. The summed E-state index contributed by atoms with van der Waals surface area (Å²) in [6, 6.07) is 2.11. The summed E-state index contributed by atoms with van der Waals surface area (Å²) in [7, 11) is 0. The maximum absolute atomic E-state index is 11.5. The van der Waals surface area contributed by atoms with Crippen LogP contribution in [0, 0.1) is 13.8 Å². The smallest absolute Gasteiger partial charge is 0.140 e. The van der Waals surface area contributed by atoms with Crippen molar-refractivity contribution in [2.75, 3.05) is 0 Å². The van der Waals surface area contributed by atoms with E-state index in [-0.39, 0.29) is 5.41 Å². The molecular weight excluding hydrogens is 162 g/mol. The molecule has 1 aliphatic carbocycles. The van der Waals surface area contributed by atoms with Gasteiger partial charge in [-0.15, -0.1) is 0 Å². The topological polar surface area (TPSA) is 32.9 Å². The highest BCUT2D eigenvalue weighted by atomic mass is 16.1. The Morgan fingerprint density at radius 1 is 1.46 bits per heavy atom. The molecule has 2 nitrogen and oxygen atoms in total. The molecule has 1 aromatic rings. The SMILES string of the molecule is CC(=O)C1(c2cc(C)[nH]c2C)CC1. The second-order valence-corrected chi connectivity index (χ2v) is 4.13. The standard InChI is InChI=1S/C11H15NO/c1-7-6-10(8(2)12-7)11(4-5-11)9(3)13/h6,12H,4-5H2,1-3H3. The number of aryl methyl sites for hydroxylation is 2. The van der Waals surface area contributed by atoms with Crippen molar-refractivity contribution >= 4 is 5.78 Å². The lowest BCUT2D eigenvalue weighted by Gasteiger charge is -2.09. The number of hydrogen-bond acceptors (Lipinski definition) is 1. The van der Waals surface area contributed by atoms with Crippen molar-refractivity contribution in [2.45, 2.75) is 39.0 Å². The maximum Gasteiger partial charge on any atom is 0.140 e. The quantitative estimate of drug-likeness (QED) is 0.738. The minimum atomic E-state index is -0.116. The Morgan fingerprint density at radius 3 is 2.38 bits per heavy atom. The molecule has 1 aliphatic rings. The Bertz CT molecular complexity index is 358. The van der Waals surface area contributed by atoms with Crippen LogP contribution in [0.5, 0.6) is 0 Å². The molecule has 1 N–H and O–H groups in total. The third-order valence-corrected chi connectivity index (χ3v) is 3.09. The Morgan fingerprint density at radius 2 is 2.08 bits per heavy atom. The molecule has 70 valence electrons. The van der Waals surface area contributed by atoms with Crippen LogP contribution < -0.4 is 0 Å². The Hall–Kier alpha value is -1.05. The summed E-state index contributed by atoms with van der Waals surface area (Å²) in [6.45, 7) is 5.78. The van der Waals surface area contributed by atoms with E-state index in [9.17, 15) is 4.79 Å². The van der Waals surface area contributed by atoms with Crippen LogP contribution in [0.15, 0.2) is 6.07 Å². The number of H-pyrrole nitrogens is 1. The number of nitrogens with one attached hydrogen (secondary N) is 1. The van der Waals surface area contributed by atoms with Crippen LogP contribution >= 0.6 is 0 Å². The first-order valence-corrected chi connectivity index (χ1v) is 4.74. The van der Waals surface area contributed by atoms with E-state index < -0.39 is 0 Å². The zero-order valence-corrected chi connectivity index (χ0v) is 8.40. The van der Waals surface area contributed by atoms with Crippen molar-refractivity contribution in [1.82, 2.24) is 4.98 Å². The number of Topliss-reactive ketones (excluding diaryl/α,β-unsaturated/α-hetero) is 1. The van der Waals surface area contributed by atoms with Gasteiger partial charge in [-0.2, -0.15) is 0 Å². The van der Waals surface area contributed by atoms with E-state index in [0.29, 0.717) is 5.78 Å². The summed E-state index contributed by atoms with van der Waals surface area (Å²) >= 11 is 0. The highest BCUT2D eigenvalue weighted by Crippen LogP contribution is 2.50. The van der Waals surface area contributed by atoms with Crippen molar-refractivity contribution in [3.63, 3.8) is 0 Å². The average molecular weight is 177 g/mol. The molecule has 0 spiro atoms. The van der Waals surface area contributed by atoms with Crippen molar-refractivity contribution in [3.8, 4) is 0 Å². The van der Waals surface area contributed by atoms with Gasteiger partial charge in [0.1, 0.15) is 5.78 Å². The lowest BCUT2D eigenvalue weighted by Crippen LogP contribution is -2.17. The Balaban J connectivity index is 2.46. The normalized spacial score (nSPS) is 18.7. The second kappa shape index (κ2) is 2.47. The van der Waals surface area contributed by atoms with Crippen LogP contribution in [0.25, 0.3) is 0 Å². The molecule has 0 amide bonds. The zero-order valence-electron chi connectivity index (χ0n) is 8.40. The highest BCUT2D eigenvalue weighted by Gasteiger charge is 2.49. The van der Waals surface area contributed by atoms with E-state index in [4.69, 9.17) is 0 Å². The average Bonchev–Trinajstić information content (AvgIpc) is 2.75. The summed E-state index contributed by atoms with van der Waals surface area (Å²) < 4.78 is 0. The number of rotatable bonds is 2. The molecule has 0 unspecified atom stereocenters. The maximum atomic E-state index is 11.5. The lowest BCUT2D eigenvalue weighted by molar-refractivity contribution is -0.119. The summed E-state index contributed by atoms with van der Waals surface area (Å²) in [5, 5.41) is 0. The number of ketones is 1. The van der Waals surface area contributed by atoms with Crippen LogP contribution in [0.3, 0.4) is 0 Å². The molecule has 2 heteroatoms. The summed E-state index contributed by atoms with van der Waals surface area (Å²) in [4.78, 5) is 14.7. The molecule has 0 aromatic carbocycles. The molecule has 1 aromatic heterocycles. The van der Waals surface area contributed by atoms with Crippen molar-refractivity contribution in [1.29, 1.82) is 0 Å². The van der Waals surface area contributed by atoms with Gasteiger partial charge in [0.25, 0.3) is 0 Å². The summed E-state index contributed by atoms with van der Waals surface area (Å²) in [5.41, 5.74) is 3.41. The highest BCUT2D eigenvalue weighted by molar-refractivity contribution is 5.91. The van der Waals surface area contributed by atoms with Crippen LogP contribution in [0.1, 0.15) is 36.7 Å². The fraction of sp³-hybridized carbons (Fsp3) is 0.545. The van der Waals surface area contributed by atoms with Crippen LogP contribution in [0.2, 0.25) is 0 Å². The molecule has 1 fully saturated rings. The van der Waals surface area contributed by atoms with E-state index in [1.807, 2.05) is 13.8 Å². The second-order valence-electron chi connectivity index (χ2n) is 4.13. The van der Waals surface area contributed by atoms with Crippen LogP contribution in [-0.2, 0) is 10.2 Å². The van der Waals surface area contributed by atoms with Gasteiger partial charge < -0.3 is 4.98 Å². The number of carbonyl (C=O) groups excluding carboxylic acids is 1. The van der Waals surface area contributed by atoms with E-state index in [1.54, 1.807) is 6.92 Å². The number of carbonyl (C=O) groups is 1. The molecule has 0 aliphatic heterocycles. The molecule has 0 saturated heterocycles. The van der Waals surface area contributed by atoms with Crippen LogP contribution in [0.4, 0.5) is 0 Å². The molecule has 0 bridgehead atoms. The lowest BCUT2D eigenvalue weighted by atomic mass is 9.92. The monoisotopic (exact) mass is 177 g/mol. The van der Waals surface area contributed by atoms with Gasteiger partial charge in [-0.05, 0) is 45.2 Å².